The maximum absolute atomic E-state index is 11.5. The molecule has 0 saturated carbocycles. The Hall–Kier alpha value is -0.450. The number of halogens is 2. The van der Waals surface area contributed by atoms with Crippen molar-refractivity contribution in [3.8, 4) is 0 Å². The fourth-order valence-electron chi connectivity index (χ4n) is 0.718. The van der Waals surface area contributed by atoms with Crippen molar-refractivity contribution < 1.29 is 32.9 Å². The molecule has 1 rings (SSSR count). The first-order valence-electron chi connectivity index (χ1n) is 3.13. The Bertz CT molecular complexity index is 211. The van der Waals surface area contributed by atoms with Crippen LogP contribution in [0.5, 0.6) is 0 Å². The molecular weight excluding hydrogens is 256 g/mol. The zero-order chi connectivity index (χ0) is 7.23. The highest BCUT2D eigenvalue weighted by molar-refractivity contribution is 4.84. The van der Waals surface area contributed by atoms with Gasteiger partial charge in [0.05, 0.1) is 6.33 Å². The van der Waals surface area contributed by atoms with Crippen molar-refractivity contribution in [1.29, 1.82) is 0 Å². The minimum Gasteiger partial charge on any atom is -1.00 e. The highest BCUT2D eigenvalue weighted by atomic mass is 127. The topological polar surface area (TPSA) is 3.88 Å². The average molecular weight is 265 g/mol. The Morgan fingerprint density at radius 2 is 1.82 bits per heavy atom. The summed E-state index contributed by atoms with van der Waals surface area (Å²) in [7, 11) is 0. The van der Waals surface area contributed by atoms with Crippen LogP contribution in [-0.2, 0) is 6.54 Å². The molecule has 1 nitrogen and oxygen atoms in total. The molecule has 0 fully saturated rings. The SMILES string of the molecule is FC=CC[n+]1ccccc1.[I-]. The molecule has 11 heavy (non-hydrogen) atoms. The van der Waals surface area contributed by atoms with Gasteiger partial charge in [-0.3, -0.25) is 0 Å². The number of hydrogen-bond donors (Lipinski definition) is 0. The number of nitrogens with zero attached hydrogens (tertiary/aromatic N) is 1. The second kappa shape index (κ2) is 6.27. The van der Waals surface area contributed by atoms with Crippen molar-refractivity contribution in [2.24, 2.45) is 0 Å². The third kappa shape index (κ3) is 4.08. The molecule has 60 valence electrons. The van der Waals surface area contributed by atoms with E-state index in [2.05, 4.69) is 0 Å². The Morgan fingerprint density at radius 1 is 1.18 bits per heavy atom. The summed E-state index contributed by atoms with van der Waals surface area (Å²) in [6, 6.07) is 5.74. The van der Waals surface area contributed by atoms with Gasteiger partial charge in [-0.05, 0) is 0 Å². The Morgan fingerprint density at radius 3 is 2.36 bits per heavy atom. The molecule has 1 aromatic rings. The van der Waals surface area contributed by atoms with Gasteiger partial charge in [0.1, 0.15) is 0 Å². The highest BCUT2D eigenvalue weighted by Crippen LogP contribution is 1.78. The van der Waals surface area contributed by atoms with Crippen LogP contribution >= 0.6 is 0 Å². The van der Waals surface area contributed by atoms with Gasteiger partial charge in [0, 0.05) is 18.2 Å². The third-order valence-electron chi connectivity index (χ3n) is 1.18. The van der Waals surface area contributed by atoms with Gasteiger partial charge in [-0.2, -0.15) is 0 Å². The van der Waals surface area contributed by atoms with Crippen LogP contribution in [0.3, 0.4) is 0 Å². The van der Waals surface area contributed by atoms with Crippen molar-refractivity contribution in [1.82, 2.24) is 0 Å². The van der Waals surface area contributed by atoms with Crippen LogP contribution < -0.4 is 28.5 Å². The molecule has 1 heterocycles. The van der Waals surface area contributed by atoms with Gasteiger partial charge in [0.2, 0.25) is 0 Å². The largest absolute Gasteiger partial charge is 1.00 e. The molecule has 0 bridgehead atoms. The molecule has 1 aromatic heterocycles. The summed E-state index contributed by atoms with van der Waals surface area (Å²) in [5.74, 6) is 0. The molecule has 3 heteroatoms. The van der Waals surface area contributed by atoms with Crippen molar-refractivity contribution in [2.45, 2.75) is 6.54 Å². The summed E-state index contributed by atoms with van der Waals surface area (Å²) in [5, 5.41) is 0. The number of rotatable bonds is 2. The Kier molecular flexibility index (Phi) is 6.02. The van der Waals surface area contributed by atoms with Crippen LogP contribution in [0.25, 0.3) is 0 Å². The lowest BCUT2D eigenvalue weighted by Gasteiger charge is -1.86. The lowest BCUT2D eigenvalue weighted by atomic mass is 10.5. The summed E-state index contributed by atoms with van der Waals surface area (Å²) >= 11 is 0. The first-order valence-corrected chi connectivity index (χ1v) is 3.13. The van der Waals surface area contributed by atoms with Gasteiger partial charge < -0.3 is 24.0 Å². The number of allylic oxidation sites excluding steroid dienone is 1. The predicted octanol–water partition coefficient (Wildman–Crippen LogP) is -1.54. The summed E-state index contributed by atoms with van der Waals surface area (Å²) < 4.78 is 13.4. The van der Waals surface area contributed by atoms with E-state index in [1.54, 1.807) is 0 Å². The third-order valence-corrected chi connectivity index (χ3v) is 1.18. The zero-order valence-electron chi connectivity index (χ0n) is 5.95. The fraction of sp³-hybridized carbons (Fsp3) is 0.125. The van der Waals surface area contributed by atoms with E-state index in [4.69, 9.17) is 0 Å². The number of pyridine rings is 1. The molecule has 0 radical (unpaired) electrons. The van der Waals surface area contributed by atoms with Crippen molar-refractivity contribution in [2.75, 3.05) is 0 Å². The van der Waals surface area contributed by atoms with Crippen LogP contribution in [0.4, 0.5) is 4.39 Å². The van der Waals surface area contributed by atoms with E-state index in [9.17, 15) is 4.39 Å². The second-order valence-corrected chi connectivity index (χ2v) is 1.93. The molecular formula is C8H9FIN. The first-order chi connectivity index (χ1) is 4.93. The van der Waals surface area contributed by atoms with Crippen LogP contribution in [0.1, 0.15) is 0 Å². The second-order valence-electron chi connectivity index (χ2n) is 1.93. The number of hydrogen-bond acceptors (Lipinski definition) is 0. The first kappa shape index (κ1) is 10.6. The summed E-state index contributed by atoms with van der Waals surface area (Å²) in [6.45, 7) is 0.595. The molecule has 0 amide bonds. The Balaban J connectivity index is 0.000001000. The van der Waals surface area contributed by atoms with E-state index in [1.165, 1.54) is 6.08 Å². The van der Waals surface area contributed by atoms with Crippen LogP contribution in [0.2, 0.25) is 0 Å². The maximum Gasteiger partial charge on any atom is 0.169 e. The summed E-state index contributed by atoms with van der Waals surface area (Å²) in [5.41, 5.74) is 0. The highest BCUT2D eigenvalue weighted by Gasteiger charge is 1.89. The minimum atomic E-state index is 0. The van der Waals surface area contributed by atoms with E-state index in [-0.39, 0.29) is 24.0 Å². The van der Waals surface area contributed by atoms with E-state index < -0.39 is 0 Å². The molecule has 0 aliphatic heterocycles. The van der Waals surface area contributed by atoms with Gasteiger partial charge in [0.25, 0.3) is 0 Å². The van der Waals surface area contributed by atoms with Crippen molar-refractivity contribution in [3.63, 3.8) is 0 Å². The molecule has 0 spiro atoms. The smallest absolute Gasteiger partial charge is 0.169 e. The van der Waals surface area contributed by atoms with Crippen molar-refractivity contribution in [3.05, 3.63) is 43.0 Å². The molecule has 0 aromatic carbocycles. The summed E-state index contributed by atoms with van der Waals surface area (Å²) in [4.78, 5) is 0. The molecule has 0 unspecified atom stereocenters. The maximum atomic E-state index is 11.5. The van der Waals surface area contributed by atoms with E-state index in [1.807, 2.05) is 35.2 Å². The molecule has 0 aliphatic carbocycles. The van der Waals surface area contributed by atoms with E-state index in [0.717, 1.165) is 0 Å². The molecule has 0 N–H and O–H groups in total. The minimum absolute atomic E-state index is 0. The molecule has 0 atom stereocenters. The van der Waals surface area contributed by atoms with Gasteiger partial charge in [0.15, 0.2) is 18.9 Å². The number of aromatic nitrogens is 1. The average Bonchev–Trinajstić information content (AvgIpc) is 2.03. The monoisotopic (exact) mass is 265 g/mol. The summed E-state index contributed by atoms with van der Waals surface area (Å²) in [6.07, 6.45) is 5.79. The van der Waals surface area contributed by atoms with E-state index in [0.29, 0.717) is 12.9 Å². The van der Waals surface area contributed by atoms with Gasteiger partial charge in [-0.15, -0.1) is 0 Å². The fourth-order valence-corrected chi connectivity index (χ4v) is 0.718. The lowest BCUT2D eigenvalue weighted by Crippen LogP contribution is -3.00. The van der Waals surface area contributed by atoms with E-state index >= 15 is 0 Å². The van der Waals surface area contributed by atoms with Crippen LogP contribution in [-0.4, -0.2) is 0 Å². The predicted molar refractivity (Wildman–Crippen MR) is 36.9 cm³/mol. The standard InChI is InChI=1S/C8H9FN.HI/c9-5-4-8-10-6-2-1-3-7-10;/h1-7H,8H2;1H/q+1;/p-1. The van der Waals surface area contributed by atoms with Crippen LogP contribution in [0, 0.1) is 0 Å². The molecule has 0 saturated heterocycles. The van der Waals surface area contributed by atoms with Gasteiger partial charge in [-0.25, -0.2) is 8.96 Å². The normalized spacial score (nSPS) is 9.55. The van der Waals surface area contributed by atoms with Crippen molar-refractivity contribution >= 4 is 0 Å². The van der Waals surface area contributed by atoms with Gasteiger partial charge in [-0.1, -0.05) is 6.07 Å². The quantitative estimate of drug-likeness (QED) is 0.451. The van der Waals surface area contributed by atoms with Crippen LogP contribution in [0.15, 0.2) is 43.0 Å². The Labute approximate surface area is 82.6 Å². The molecule has 0 aliphatic rings. The van der Waals surface area contributed by atoms with Gasteiger partial charge >= 0.3 is 0 Å². The zero-order valence-corrected chi connectivity index (χ0v) is 8.11. The lowest BCUT2D eigenvalue weighted by molar-refractivity contribution is -0.687.